The maximum Gasteiger partial charge on any atom is 0.225 e. The zero-order chi connectivity index (χ0) is 15.5. The number of hydrogen-bond donors (Lipinski definition) is 1. The Morgan fingerprint density at radius 3 is 2.62 bits per heavy atom. The van der Waals surface area contributed by atoms with Crippen LogP contribution in [0.4, 0.5) is 0 Å². The van der Waals surface area contributed by atoms with Gasteiger partial charge in [0.1, 0.15) is 5.75 Å². The Balaban J connectivity index is 1.95. The van der Waals surface area contributed by atoms with Gasteiger partial charge < -0.3 is 15.0 Å². The lowest BCUT2D eigenvalue weighted by Crippen LogP contribution is -2.59. The summed E-state index contributed by atoms with van der Waals surface area (Å²) in [7, 11) is 1.66. The van der Waals surface area contributed by atoms with Crippen LogP contribution in [0.2, 0.25) is 0 Å². The monoisotopic (exact) mass is 290 g/mol. The van der Waals surface area contributed by atoms with Gasteiger partial charge in [-0.25, -0.2) is 0 Å². The predicted molar refractivity (Wildman–Crippen MR) is 84.5 cm³/mol. The van der Waals surface area contributed by atoms with Crippen LogP contribution in [0.3, 0.4) is 0 Å². The van der Waals surface area contributed by atoms with Crippen molar-refractivity contribution in [3.05, 3.63) is 29.8 Å². The van der Waals surface area contributed by atoms with Gasteiger partial charge in [-0.3, -0.25) is 4.79 Å². The molecule has 0 bridgehead atoms. The van der Waals surface area contributed by atoms with Crippen LogP contribution in [-0.2, 0) is 11.2 Å². The lowest BCUT2D eigenvalue weighted by atomic mass is 9.97. The number of nitrogens with zero attached hydrogens (tertiary/aromatic N) is 1. The molecule has 0 aromatic heterocycles. The first kappa shape index (κ1) is 15.8. The minimum Gasteiger partial charge on any atom is -0.497 e. The van der Waals surface area contributed by atoms with Crippen LogP contribution in [0.15, 0.2) is 24.3 Å². The van der Waals surface area contributed by atoms with Gasteiger partial charge in [0.25, 0.3) is 0 Å². The lowest BCUT2D eigenvalue weighted by molar-refractivity contribution is -0.137. The Morgan fingerprint density at radius 2 is 2.05 bits per heavy atom. The van der Waals surface area contributed by atoms with Crippen LogP contribution < -0.4 is 10.1 Å². The summed E-state index contributed by atoms with van der Waals surface area (Å²) in [5.74, 6) is 1.11. The summed E-state index contributed by atoms with van der Waals surface area (Å²) in [5.41, 5.74) is 1.18. The second kappa shape index (κ2) is 6.48. The van der Waals surface area contributed by atoms with Gasteiger partial charge in [-0.2, -0.15) is 0 Å². The molecule has 4 heteroatoms. The van der Waals surface area contributed by atoms with Gasteiger partial charge in [-0.15, -0.1) is 0 Å². The maximum absolute atomic E-state index is 12.6. The highest BCUT2D eigenvalue weighted by atomic mass is 16.5. The molecular weight excluding hydrogens is 264 g/mol. The van der Waals surface area contributed by atoms with E-state index < -0.39 is 0 Å². The molecule has 1 aliphatic rings. The SMILES string of the molecule is COc1ccc(CC(C)C(=O)N2CCNC(C)(C)C2)cc1. The largest absolute Gasteiger partial charge is 0.497 e. The van der Waals surface area contributed by atoms with E-state index in [9.17, 15) is 4.79 Å². The summed E-state index contributed by atoms with van der Waals surface area (Å²) in [6, 6.07) is 7.95. The van der Waals surface area contributed by atoms with E-state index in [2.05, 4.69) is 19.2 Å². The molecule has 116 valence electrons. The molecule has 21 heavy (non-hydrogen) atoms. The standard InChI is InChI=1S/C17H26N2O2/c1-13(11-14-5-7-15(21-4)8-6-14)16(20)19-10-9-18-17(2,3)12-19/h5-8,13,18H,9-12H2,1-4H3. The Hall–Kier alpha value is -1.55. The molecule has 1 aromatic rings. The normalized spacial score (nSPS) is 19.1. The summed E-state index contributed by atoms with van der Waals surface area (Å²) in [6.45, 7) is 8.74. The minimum absolute atomic E-state index is 0.00675. The molecule has 1 unspecified atom stereocenters. The highest BCUT2D eigenvalue weighted by molar-refractivity contribution is 5.79. The second-order valence-corrected chi connectivity index (χ2v) is 6.52. The molecule has 1 fully saturated rings. The van der Waals surface area contributed by atoms with E-state index in [-0.39, 0.29) is 17.4 Å². The Labute approximate surface area is 127 Å². The third-order valence-electron chi connectivity index (χ3n) is 4.01. The number of piperazine rings is 1. The Bertz CT molecular complexity index is 482. The molecule has 1 amide bonds. The molecule has 0 aliphatic carbocycles. The van der Waals surface area contributed by atoms with E-state index in [0.29, 0.717) is 0 Å². The summed E-state index contributed by atoms with van der Waals surface area (Å²) < 4.78 is 5.16. The summed E-state index contributed by atoms with van der Waals surface area (Å²) in [5, 5.41) is 3.44. The number of ether oxygens (including phenoxy) is 1. The fraction of sp³-hybridized carbons (Fsp3) is 0.588. The van der Waals surface area contributed by atoms with Crippen molar-refractivity contribution >= 4 is 5.91 Å². The van der Waals surface area contributed by atoms with Crippen LogP contribution in [0.1, 0.15) is 26.3 Å². The van der Waals surface area contributed by atoms with Crippen molar-refractivity contribution in [3.8, 4) is 5.75 Å². The second-order valence-electron chi connectivity index (χ2n) is 6.52. The molecule has 1 atom stereocenters. The highest BCUT2D eigenvalue weighted by Gasteiger charge is 2.30. The molecule has 0 radical (unpaired) electrons. The van der Waals surface area contributed by atoms with Crippen LogP contribution >= 0.6 is 0 Å². The average Bonchev–Trinajstić information content (AvgIpc) is 2.46. The number of benzene rings is 1. The molecule has 1 aromatic carbocycles. The first-order valence-corrected chi connectivity index (χ1v) is 7.58. The van der Waals surface area contributed by atoms with Crippen LogP contribution in [0, 0.1) is 5.92 Å². The topological polar surface area (TPSA) is 41.6 Å². The zero-order valence-electron chi connectivity index (χ0n) is 13.5. The van der Waals surface area contributed by atoms with Gasteiger partial charge in [-0.1, -0.05) is 19.1 Å². The van der Waals surface area contributed by atoms with Crippen molar-refractivity contribution < 1.29 is 9.53 Å². The fourth-order valence-electron chi connectivity index (χ4n) is 2.84. The zero-order valence-corrected chi connectivity index (χ0v) is 13.5. The number of carbonyl (C=O) groups is 1. The van der Waals surface area contributed by atoms with Crippen molar-refractivity contribution in [2.24, 2.45) is 5.92 Å². The third-order valence-corrected chi connectivity index (χ3v) is 4.01. The molecule has 1 aliphatic heterocycles. The number of nitrogens with one attached hydrogen (secondary N) is 1. The van der Waals surface area contributed by atoms with Gasteiger partial charge >= 0.3 is 0 Å². The third kappa shape index (κ3) is 4.21. The molecule has 1 heterocycles. The molecule has 0 saturated carbocycles. The van der Waals surface area contributed by atoms with E-state index in [1.54, 1.807) is 7.11 Å². The number of methoxy groups -OCH3 is 1. The van der Waals surface area contributed by atoms with Crippen molar-refractivity contribution in [1.29, 1.82) is 0 Å². The van der Waals surface area contributed by atoms with E-state index in [4.69, 9.17) is 4.74 Å². The number of rotatable bonds is 4. The first-order chi connectivity index (χ1) is 9.91. The van der Waals surface area contributed by atoms with Crippen LogP contribution in [0.5, 0.6) is 5.75 Å². The average molecular weight is 290 g/mol. The van der Waals surface area contributed by atoms with E-state index in [0.717, 1.165) is 31.8 Å². The van der Waals surface area contributed by atoms with Crippen LogP contribution in [-0.4, -0.2) is 43.1 Å². The highest BCUT2D eigenvalue weighted by Crippen LogP contribution is 2.18. The summed E-state index contributed by atoms with van der Waals surface area (Å²) in [6.07, 6.45) is 0.771. The molecular formula is C17H26N2O2. The van der Waals surface area contributed by atoms with Crippen molar-refractivity contribution in [2.75, 3.05) is 26.7 Å². The molecule has 1 saturated heterocycles. The van der Waals surface area contributed by atoms with Crippen molar-refractivity contribution in [1.82, 2.24) is 10.2 Å². The predicted octanol–water partition coefficient (Wildman–Crippen LogP) is 2.08. The smallest absolute Gasteiger partial charge is 0.225 e. The van der Waals surface area contributed by atoms with Crippen LogP contribution in [0.25, 0.3) is 0 Å². The number of carbonyl (C=O) groups excluding carboxylic acids is 1. The van der Waals surface area contributed by atoms with Crippen molar-refractivity contribution in [3.63, 3.8) is 0 Å². The lowest BCUT2D eigenvalue weighted by Gasteiger charge is -2.40. The minimum atomic E-state index is 0.00675. The van der Waals surface area contributed by atoms with Gasteiger partial charge in [0, 0.05) is 31.1 Å². The number of amides is 1. The fourth-order valence-corrected chi connectivity index (χ4v) is 2.84. The summed E-state index contributed by atoms with van der Waals surface area (Å²) in [4.78, 5) is 14.6. The Morgan fingerprint density at radius 1 is 1.38 bits per heavy atom. The van der Waals surface area contributed by atoms with Gasteiger partial charge in [0.05, 0.1) is 7.11 Å². The van der Waals surface area contributed by atoms with Gasteiger partial charge in [0.2, 0.25) is 5.91 Å². The van der Waals surface area contributed by atoms with Gasteiger partial charge in [0.15, 0.2) is 0 Å². The van der Waals surface area contributed by atoms with E-state index >= 15 is 0 Å². The van der Waals surface area contributed by atoms with Crippen molar-refractivity contribution in [2.45, 2.75) is 32.7 Å². The molecule has 1 N–H and O–H groups in total. The Kier molecular flexibility index (Phi) is 4.88. The van der Waals surface area contributed by atoms with E-state index in [1.165, 1.54) is 5.56 Å². The van der Waals surface area contributed by atoms with Gasteiger partial charge in [-0.05, 0) is 38.0 Å². The number of hydrogen-bond acceptors (Lipinski definition) is 3. The molecule has 4 nitrogen and oxygen atoms in total. The molecule has 2 rings (SSSR count). The quantitative estimate of drug-likeness (QED) is 0.923. The summed E-state index contributed by atoms with van der Waals surface area (Å²) >= 11 is 0. The van der Waals surface area contributed by atoms with E-state index in [1.807, 2.05) is 36.1 Å². The molecule has 0 spiro atoms. The first-order valence-electron chi connectivity index (χ1n) is 7.58. The maximum atomic E-state index is 12.6.